The molecular weight excluding hydrogens is 327 g/mol. The standard InChI is InChI=1S/C9H13.C7H8O.2ClH.Ti/c1-6-5-7(2)9(4)8(6)3;1-6-3-2-4-7(8)5-6;;;/h6H,1-4H3;2-5,8H,1H3;2*1H;/q-1;;;;. The van der Waals surface area contributed by atoms with Gasteiger partial charge in [0.25, 0.3) is 0 Å². The van der Waals surface area contributed by atoms with Crippen molar-refractivity contribution in [3.63, 3.8) is 0 Å². The van der Waals surface area contributed by atoms with Gasteiger partial charge in [0.05, 0.1) is 0 Å². The minimum atomic E-state index is 0. The second-order valence-corrected chi connectivity index (χ2v) is 4.64. The SMILES string of the molecule is CC1=[C-]C(C)C(C)=C1C.Cc1cccc(O)c1.Cl.Cl.[Ti]. The summed E-state index contributed by atoms with van der Waals surface area (Å²) in [5.41, 5.74) is 5.33. The Morgan fingerprint density at radius 2 is 1.60 bits per heavy atom. The van der Waals surface area contributed by atoms with Gasteiger partial charge in [0.2, 0.25) is 0 Å². The molecular formula is C16H23Cl2OTi-. The summed E-state index contributed by atoms with van der Waals surface area (Å²) < 4.78 is 0. The average Bonchev–Trinajstić information content (AvgIpc) is 2.46. The van der Waals surface area contributed by atoms with E-state index < -0.39 is 0 Å². The van der Waals surface area contributed by atoms with Crippen molar-refractivity contribution in [1.29, 1.82) is 0 Å². The molecule has 0 saturated carbocycles. The van der Waals surface area contributed by atoms with Gasteiger partial charge in [-0.3, -0.25) is 6.08 Å². The molecule has 1 aromatic carbocycles. The first-order valence-electron chi connectivity index (χ1n) is 5.95. The monoisotopic (exact) mass is 349 g/mol. The van der Waals surface area contributed by atoms with Crippen LogP contribution in [0, 0.1) is 18.9 Å². The molecule has 2 rings (SSSR count). The summed E-state index contributed by atoms with van der Waals surface area (Å²) in [4.78, 5) is 0. The molecule has 0 aromatic heterocycles. The van der Waals surface area contributed by atoms with Gasteiger partial charge in [0.15, 0.2) is 0 Å². The summed E-state index contributed by atoms with van der Waals surface area (Å²) in [5.74, 6) is 0.898. The summed E-state index contributed by atoms with van der Waals surface area (Å²) in [6, 6.07) is 7.15. The predicted octanol–water partition coefficient (Wildman–Crippen LogP) is 5.26. The summed E-state index contributed by atoms with van der Waals surface area (Å²) in [6.45, 7) is 10.6. The number of hydrogen-bond acceptors (Lipinski definition) is 1. The molecule has 20 heavy (non-hydrogen) atoms. The van der Waals surface area contributed by atoms with Crippen molar-refractivity contribution >= 4 is 24.8 Å². The minimum absolute atomic E-state index is 0. The molecule has 1 unspecified atom stereocenters. The van der Waals surface area contributed by atoms with E-state index in [9.17, 15) is 0 Å². The van der Waals surface area contributed by atoms with Crippen LogP contribution in [0.25, 0.3) is 0 Å². The van der Waals surface area contributed by atoms with Crippen molar-refractivity contribution in [2.45, 2.75) is 34.6 Å². The topological polar surface area (TPSA) is 20.2 Å². The maximum Gasteiger partial charge on any atom is 0.115 e. The number of benzene rings is 1. The van der Waals surface area contributed by atoms with E-state index in [1.165, 1.54) is 16.7 Å². The molecule has 0 fully saturated rings. The zero-order valence-corrected chi connectivity index (χ0v) is 15.8. The van der Waals surface area contributed by atoms with Crippen LogP contribution < -0.4 is 0 Å². The molecule has 0 spiro atoms. The predicted molar refractivity (Wildman–Crippen MR) is 87.3 cm³/mol. The van der Waals surface area contributed by atoms with E-state index in [1.807, 2.05) is 19.1 Å². The maximum atomic E-state index is 8.81. The van der Waals surface area contributed by atoms with Crippen LogP contribution in [0.5, 0.6) is 5.75 Å². The Balaban J connectivity index is -0.000000252. The molecule has 4 heteroatoms. The van der Waals surface area contributed by atoms with E-state index >= 15 is 0 Å². The fraction of sp³-hybridized carbons (Fsp3) is 0.375. The molecule has 1 aliphatic rings. The van der Waals surface area contributed by atoms with Gasteiger partial charge in [-0.25, -0.2) is 5.57 Å². The number of hydrogen-bond donors (Lipinski definition) is 1. The largest absolute Gasteiger partial charge is 0.508 e. The van der Waals surface area contributed by atoms with Crippen LogP contribution in [0.15, 0.2) is 41.0 Å². The second-order valence-electron chi connectivity index (χ2n) is 4.64. The Kier molecular flexibility index (Phi) is 14.2. The third kappa shape index (κ3) is 7.54. The van der Waals surface area contributed by atoms with E-state index in [-0.39, 0.29) is 46.5 Å². The maximum absolute atomic E-state index is 8.81. The van der Waals surface area contributed by atoms with Gasteiger partial charge in [0.1, 0.15) is 5.75 Å². The minimum Gasteiger partial charge on any atom is -0.508 e. The quantitative estimate of drug-likeness (QED) is 0.500. The Morgan fingerprint density at radius 3 is 1.80 bits per heavy atom. The smallest absolute Gasteiger partial charge is 0.115 e. The number of phenolic OH excluding ortho intramolecular Hbond substituents is 1. The Bertz CT molecular complexity index is 450. The van der Waals surface area contributed by atoms with Crippen LogP contribution in [-0.2, 0) is 21.7 Å². The fourth-order valence-electron chi connectivity index (χ4n) is 1.79. The summed E-state index contributed by atoms with van der Waals surface area (Å²) in [6.07, 6.45) is 3.36. The molecule has 1 N–H and O–H groups in total. The molecule has 0 amide bonds. The van der Waals surface area contributed by atoms with E-state index in [0.717, 1.165) is 5.56 Å². The van der Waals surface area contributed by atoms with Gasteiger partial charge in [-0.05, 0) is 24.6 Å². The van der Waals surface area contributed by atoms with Gasteiger partial charge in [-0.1, -0.05) is 38.8 Å². The van der Waals surface area contributed by atoms with Gasteiger partial charge in [0, 0.05) is 21.7 Å². The fourth-order valence-corrected chi connectivity index (χ4v) is 1.79. The van der Waals surface area contributed by atoms with E-state index in [0.29, 0.717) is 11.7 Å². The van der Waals surface area contributed by atoms with Gasteiger partial charge >= 0.3 is 0 Å². The van der Waals surface area contributed by atoms with E-state index in [2.05, 4.69) is 33.8 Å². The van der Waals surface area contributed by atoms with E-state index in [1.54, 1.807) is 12.1 Å². The summed E-state index contributed by atoms with van der Waals surface area (Å²) in [7, 11) is 0. The van der Waals surface area contributed by atoms with Gasteiger partial charge in [-0.2, -0.15) is 11.1 Å². The van der Waals surface area contributed by atoms with Crippen molar-refractivity contribution in [3.05, 3.63) is 52.6 Å². The van der Waals surface area contributed by atoms with Crippen molar-refractivity contribution in [3.8, 4) is 5.75 Å². The zero-order chi connectivity index (χ0) is 13.0. The summed E-state index contributed by atoms with van der Waals surface area (Å²) >= 11 is 0. The Morgan fingerprint density at radius 1 is 1.05 bits per heavy atom. The number of rotatable bonds is 0. The Labute approximate surface area is 150 Å². The van der Waals surface area contributed by atoms with Gasteiger partial charge < -0.3 is 5.11 Å². The molecule has 0 aliphatic heterocycles. The summed E-state index contributed by atoms with van der Waals surface area (Å²) in [5, 5.41) is 8.81. The molecule has 112 valence electrons. The zero-order valence-electron chi connectivity index (χ0n) is 12.7. The molecule has 1 aromatic rings. The van der Waals surface area contributed by atoms with Crippen LogP contribution in [0.4, 0.5) is 0 Å². The number of aryl methyl sites for hydroxylation is 1. The third-order valence-electron chi connectivity index (χ3n) is 3.24. The first kappa shape index (κ1) is 24.8. The normalized spacial score (nSPS) is 15.8. The molecule has 0 radical (unpaired) electrons. The van der Waals surface area contributed by atoms with Crippen molar-refractivity contribution in [2.75, 3.05) is 0 Å². The van der Waals surface area contributed by atoms with Crippen LogP contribution in [0.1, 0.15) is 33.3 Å². The molecule has 0 heterocycles. The number of allylic oxidation sites excluding steroid dienone is 4. The van der Waals surface area contributed by atoms with Crippen molar-refractivity contribution < 1.29 is 26.8 Å². The van der Waals surface area contributed by atoms with Crippen molar-refractivity contribution in [2.24, 2.45) is 5.92 Å². The van der Waals surface area contributed by atoms with Gasteiger partial charge in [-0.15, -0.1) is 31.7 Å². The van der Waals surface area contributed by atoms with Crippen molar-refractivity contribution in [1.82, 2.24) is 0 Å². The van der Waals surface area contributed by atoms with Crippen LogP contribution >= 0.6 is 24.8 Å². The Hall–Kier alpha value is -0.206. The number of aromatic hydroxyl groups is 1. The van der Waals surface area contributed by atoms with Crippen LogP contribution in [-0.4, -0.2) is 5.11 Å². The molecule has 1 atom stereocenters. The number of halogens is 2. The second kappa shape index (κ2) is 11.5. The first-order valence-corrected chi connectivity index (χ1v) is 5.95. The van der Waals surface area contributed by atoms with Crippen LogP contribution in [0.3, 0.4) is 0 Å². The molecule has 0 bridgehead atoms. The third-order valence-corrected chi connectivity index (χ3v) is 3.24. The average molecular weight is 350 g/mol. The molecule has 1 aliphatic carbocycles. The molecule has 1 nitrogen and oxygen atoms in total. The van der Waals surface area contributed by atoms with Crippen LogP contribution in [0.2, 0.25) is 0 Å². The number of phenols is 1. The first-order chi connectivity index (χ1) is 7.91. The van der Waals surface area contributed by atoms with E-state index in [4.69, 9.17) is 5.11 Å². The molecule has 0 saturated heterocycles.